The Hall–Kier alpha value is -2.06. The van der Waals surface area contributed by atoms with Crippen molar-refractivity contribution in [3.8, 4) is 6.07 Å². The third-order valence-corrected chi connectivity index (χ3v) is 3.70. The van der Waals surface area contributed by atoms with E-state index in [0.717, 1.165) is 0 Å². The van der Waals surface area contributed by atoms with Crippen molar-refractivity contribution in [3.05, 3.63) is 59.7 Å². The van der Waals surface area contributed by atoms with Crippen LogP contribution in [0, 0.1) is 17.1 Å². The quantitative estimate of drug-likeness (QED) is 0.851. The summed E-state index contributed by atoms with van der Waals surface area (Å²) in [6.45, 7) is 0. The first-order valence-corrected chi connectivity index (χ1v) is 6.50. The van der Waals surface area contributed by atoms with Gasteiger partial charge in [0.25, 0.3) is 0 Å². The molecule has 0 N–H and O–H groups in total. The molecule has 90 valence electrons. The first-order chi connectivity index (χ1) is 8.70. The zero-order valence-corrected chi connectivity index (χ0v) is 10.2. The van der Waals surface area contributed by atoms with Gasteiger partial charge in [0.1, 0.15) is 17.6 Å². The van der Waals surface area contributed by atoms with E-state index in [1.54, 1.807) is 18.2 Å². The monoisotopic (exact) mass is 260 g/mol. The van der Waals surface area contributed by atoms with Gasteiger partial charge in [-0.1, -0.05) is 12.1 Å². The molecule has 0 bridgehead atoms. The van der Waals surface area contributed by atoms with E-state index in [-0.39, 0.29) is 11.4 Å². The lowest BCUT2D eigenvalue weighted by Crippen LogP contribution is -2.00. The SMILES string of the molecule is N#Cc1ncccc1CS(=O)c1cccc(F)c1. The van der Waals surface area contributed by atoms with Crippen LogP contribution < -0.4 is 0 Å². The van der Waals surface area contributed by atoms with E-state index in [1.807, 2.05) is 6.07 Å². The van der Waals surface area contributed by atoms with Gasteiger partial charge in [-0.3, -0.25) is 4.21 Å². The zero-order chi connectivity index (χ0) is 13.0. The highest BCUT2D eigenvalue weighted by atomic mass is 32.2. The largest absolute Gasteiger partial charge is 0.254 e. The maximum atomic E-state index is 13.0. The summed E-state index contributed by atoms with van der Waals surface area (Å²) in [5.74, 6) is -0.271. The molecule has 1 unspecified atom stereocenters. The molecule has 0 saturated heterocycles. The lowest BCUT2D eigenvalue weighted by atomic mass is 10.2. The normalized spacial score (nSPS) is 11.8. The van der Waals surface area contributed by atoms with Gasteiger partial charge in [0.15, 0.2) is 0 Å². The molecule has 0 saturated carbocycles. The van der Waals surface area contributed by atoms with Crippen LogP contribution in [0.4, 0.5) is 4.39 Å². The summed E-state index contributed by atoms with van der Waals surface area (Å²) in [6, 6.07) is 11.0. The number of nitrogens with zero attached hydrogens (tertiary/aromatic N) is 2. The lowest BCUT2D eigenvalue weighted by molar-refractivity contribution is 0.622. The topological polar surface area (TPSA) is 53.8 Å². The molecule has 1 aromatic carbocycles. The molecule has 0 aliphatic carbocycles. The number of nitriles is 1. The zero-order valence-electron chi connectivity index (χ0n) is 9.34. The van der Waals surface area contributed by atoms with Crippen LogP contribution in [0.5, 0.6) is 0 Å². The van der Waals surface area contributed by atoms with E-state index in [1.165, 1.54) is 24.4 Å². The highest BCUT2D eigenvalue weighted by molar-refractivity contribution is 7.84. The van der Waals surface area contributed by atoms with Crippen LogP contribution in [-0.4, -0.2) is 9.19 Å². The molecule has 0 spiro atoms. The third kappa shape index (κ3) is 2.79. The van der Waals surface area contributed by atoms with Gasteiger partial charge in [-0.2, -0.15) is 5.26 Å². The van der Waals surface area contributed by atoms with Crippen LogP contribution in [0.1, 0.15) is 11.3 Å². The van der Waals surface area contributed by atoms with Crippen LogP contribution in [0.25, 0.3) is 0 Å². The molecule has 3 nitrogen and oxygen atoms in total. The van der Waals surface area contributed by atoms with Gasteiger partial charge in [-0.05, 0) is 24.3 Å². The fourth-order valence-corrected chi connectivity index (χ4v) is 2.65. The molecule has 18 heavy (non-hydrogen) atoms. The summed E-state index contributed by atoms with van der Waals surface area (Å²) in [6.07, 6.45) is 1.51. The Labute approximate surface area is 106 Å². The van der Waals surface area contributed by atoms with Gasteiger partial charge < -0.3 is 0 Å². The van der Waals surface area contributed by atoms with Gasteiger partial charge in [-0.15, -0.1) is 0 Å². The second kappa shape index (κ2) is 5.52. The van der Waals surface area contributed by atoms with Crippen molar-refractivity contribution in [1.29, 1.82) is 5.26 Å². The fraction of sp³-hybridized carbons (Fsp3) is 0.0769. The molecular weight excluding hydrogens is 251 g/mol. The molecular formula is C13H9FN2OS. The van der Waals surface area contributed by atoms with E-state index in [2.05, 4.69) is 4.98 Å². The number of pyridine rings is 1. The van der Waals surface area contributed by atoms with E-state index in [9.17, 15) is 8.60 Å². The summed E-state index contributed by atoms with van der Waals surface area (Å²) < 4.78 is 25.1. The Bertz CT molecular complexity index is 637. The van der Waals surface area contributed by atoms with Crippen LogP contribution in [0.15, 0.2) is 47.5 Å². The minimum atomic E-state index is -1.39. The van der Waals surface area contributed by atoms with Crippen molar-refractivity contribution in [2.24, 2.45) is 0 Å². The molecule has 0 amide bonds. The summed E-state index contributed by atoms with van der Waals surface area (Å²) in [5.41, 5.74) is 0.852. The van der Waals surface area contributed by atoms with Crippen molar-refractivity contribution in [3.63, 3.8) is 0 Å². The van der Waals surface area contributed by atoms with Crippen molar-refractivity contribution >= 4 is 10.8 Å². The van der Waals surface area contributed by atoms with E-state index >= 15 is 0 Å². The minimum Gasteiger partial charge on any atom is -0.254 e. The maximum Gasteiger partial charge on any atom is 0.144 e. The molecule has 1 aromatic heterocycles. The molecule has 2 aromatic rings. The van der Waals surface area contributed by atoms with Gasteiger partial charge >= 0.3 is 0 Å². The molecule has 5 heteroatoms. The molecule has 1 heterocycles. The Kier molecular flexibility index (Phi) is 3.80. The number of aromatic nitrogens is 1. The summed E-state index contributed by atoms with van der Waals surface area (Å²) in [5, 5.41) is 8.87. The smallest absolute Gasteiger partial charge is 0.144 e. The first-order valence-electron chi connectivity index (χ1n) is 5.18. The van der Waals surface area contributed by atoms with Crippen molar-refractivity contribution in [2.45, 2.75) is 10.6 Å². The van der Waals surface area contributed by atoms with Gasteiger partial charge in [0.05, 0.1) is 16.6 Å². The lowest BCUT2D eigenvalue weighted by Gasteiger charge is -2.03. The van der Waals surface area contributed by atoms with Crippen molar-refractivity contribution < 1.29 is 8.60 Å². The van der Waals surface area contributed by atoms with Crippen LogP contribution in [0.2, 0.25) is 0 Å². The number of halogens is 1. The summed E-state index contributed by atoms with van der Waals surface area (Å²) >= 11 is 0. The van der Waals surface area contributed by atoms with Crippen LogP contribution >= 0.6 is 0 Å². The van der Waals surface area contributed by atoms with Crippen LogP contribution in [-0.2, 0) is 16.6 Å². The number of benzene rings is 1. The minimum absolute atomic E-state index is 0.153. The molecule has 0 aliphatic heterocycles. The fourth-order valence-electron chi connectivity index (χ4n) is 1.49. The average Bonchev–Trinajstić information content (AvgIpc) is 2.39. The highest BCUT2D eigenvalue weighted by Gasteiger charge is 2.09. The number of rotatable bonds is 3. The summed E-state index contributed by atoms with van der Waals surface area (Å²) in [4.78, 5) is 4.30. The molecule has 2 rings (SSSR count). The van der Waals surface area contributed by atoms with Crippen LogP contribution in [0.3, 0.4) is 0 Å². The summed E-state index contributed by atoms with van der Waals surface area (Å²) in [7, 11) is -1.39. The molecule has 0 radical (unpaired) electrons. The average molecular weight is 260 g/mol. The standard InChI is InChI=1S/C13H9FN2OS/c14-11-4-1-5-12(7-11)18(17)9-10-3-2-6-16-13(10)8-15/h1-7H,9H2. The van der Waals surface area contributed by atoms with E-state index in [0.29, 0.717) is 10.5 Å². The van der Waals surface area contributed by atoms with E-state index < -0.39 is 16.6 Å². The second-order valence-electron chi connectivity index (χ2n) is 3.57. The van der Waals surface area contributed by atoms with Gasteiger partial charge in [0.2, 0.25) is 0 Å². The van der Waals surface area contributed by atoms with Gasteiger partial charge in [0, 0.05) is 16.7 Å². The number of hydrogen-bond acceptors (Lipinski definition) is 3. The second-order valence-corrected chi connectivity index (χ2v) is 5.02. The van der Waals surface area contributed by atoms with E-state index in [4.69, 9.17) is 5.26 Å². The Morgan fingerprint density at radius 2 is 2.17 bits per heavy atom. The number of hydrogen-bond donors (Lipinski definition) is 0. The Morgan fingerprint density at radius 3 is 2.89 bits per heavy atom. The van der Waals surface area contributed by atoms with Gasteiger partial charge in [-0.25, -0.2) is 9.37 Å². The Balaban J connectivity index is 2.25. The molecule has 0 fully saturated rings. The van der Waals surface area contributed by atoms with Crippen molar-refractivity contribution in [2.75, 3.05) is 0 Å². The predicted octanol–water partition coefficient (Wildman–Crippen LogP) is 2.40. The molecule has 0 aliphatic rings. The first kappa shape index (κ1) is 12.4. The molecule has 1 atom stereocenters. The Morgan fingerprint density at radius 1 is 1.33 bits per heavy atom. The highest BCUT2D eigenvalue weighted by Crippen LogP contribution is 2.15. The maximum absolute atomic E-state index is 13.0. The predicted molar refractivity (Wildman–Crippen MR) is 65.5 cm³/mol. The van der Waals surface area contributed by atoms with Crippen molar-refractivity contribution in [1.82, 2.24) is 4.98 Å². The third-order valence-electron chi connectivity index (χ3n) is 2.34.